The molecule has 33 heavy (non-hydrogen) atoms. The molecule has 1 aromatic heterocycles. The van der Waals surface area contributed by atoms with Crippen molar-refractivity contribution in [1.29, 1.82) is 0 Å². The summed E-state index contributed by atoms with van der Waals surface area (Å²) < 4.78 is 28.2. The van der Waals surface area contributed by atoms with Gasteiger partial charge in [-0.25, -0.2) is 8.42 Å². The number of carbonyl (C=O) groups is 1. The summed E-state index contributed by atoms with van der Waals surface area (Å²) in [5.74, 6) is -0.328. The summed E-state index contributed by atoms with van der Waals surface area (Å²) in [4.78, 5) is 12.3. The van der Waals surface area contributed by atoms with Crippen LogP contribution < -0.4 is 11.1 Å². The van der Waals surface area contributed by atoms with Crippen molar-refractivity contribution in [2.24, 2.45) is 5.73 Å². The largest absolute Gasteiger partial charge is 0.508 e. The van der Waals surface area contributed by atoms with Gasteiger partial charge in [0.2, 0.25) is 5.91 Å². The van der Waals surface area contributed by atoms with Crippen LogP contribution >= 0.6 is 22.9 Å². The normalized spacial score (nSPS) is 15.4. The molecule has 0 spiro atoms. The van der Waals surface area contributed by atoms with Crippen molar-refractivity contribution >= 4 is 44.6 Å². The minimum absolute atomic E-state index is 0.166. The number of primary amides is 1. The molecule has 1 saturated heterocycles. The van der Waals surface area contributed by atoms with E-state index in [9.17, 15) is 18.3 Å². The first-order valence-corrected chi connectivity index (χ1v) is 13.1. The van der Waals surface area contributed by atoms with Crippen LogP contribution in [-0.4, -0.2) is 42.9 Å². The molecule has 0 bridgehead atoms. The number of nitrogens with zero attached hydrogens (tertiary/aromatic N) is 1. The number of hydrogen-bond donors (Lipinski definition) is 3. The third-order valence-electron chi connectivity index (χ3n) is 5.62. The van der Waals surface area contributed by atoms with Gasteiger partial charge in [0, 0.05) is 46.7 Å². The van der Waals surface area contributed by atoms with E-state index < -0.39 is 15.9 Å². The summed E-state index contributed by atoms with van der Waals surface area (Å²) in [6, 6.07) is 15.3. The Labute approximate surface area is 201 Å². The summed E-state index contributed by atoms with van der Waals surface area (Å²) >= 11 is 7.47. The van der Waals surface area contributed by atoms with Gasteiger partial charge < -0.3 is 16.2 Å². The number of hydrogen-bond acceptors (Lipinski definition) is 6. The average molecular weight is 506 g/mol. The Hall–Kier alpha value is -2.59. The maximum Gasteiger partial charge on any atom is 0.252 e. The molecular weight excluding hydrogens is 482 g/mol. The summed E-state index contributed by atoms with van der Waals surface area (Å²) in [6.07, 6.45) is 1.79. The standard InChI is InChI=1S/C23H24ClN3O4S2/c24-21-7-1-15(23(25)29)13-16(21)14-20-6-8-22(32-20)33(30,31)27-11-9-18(10-12-27)26-17-2-4-19(28)5-3-17/h1-8,13,18,26,28H,9-12,14H2,(H2,25,29). The fourth-order valence-corrected chi connectivity index (χ4v) is 6.99. The van der Waals surface area contributed by atoms with Crippen molar-refractivity contribution in [3.63, 3.8) is 0 Å². The number of phenols is 1. The second-order valence-corrected chi connectivity index (χ2v) is 11.7. The fraction of sp³-hybridized carbons (Fsp3) is 0.261. The highest BCUT2D eigenvalue weighted by Crippen LogP contribution is 2.30. The van der Waals surface area contributed by atoms with Crippen molar-refractivity contribution in [3.05, 3.63) is 75.6 Å². The van der Waals surface area contributed by atoms with Gasteiger partial charge in [0.25, 0.3) is 10.0 Å². The molecule has 2 heterocycles. The molecule has 0 aliphatic carbocycles. The van der Waals surface area contributed by atoms with Crippen molar-refractivity contribution in [2.75, 3.05) is 18.4 Å². The molecule has 10 heteroatoms. The van der Waals surface area contributed by atoms with E-state index in [2.05, 4.69) is 5.32 Å². The number of thiophene rings is 1. The molecule has 4 rings (SSSR count). The third-order valence-corrected chi connectivity index (χ3v) is 9.44. The van der Waals surface area contributed by atoms with E-state index in [0.717, 1.165) is 16.1 Å². The Bertz CT molecular complexity index is 1250. The topological polar surface area (TPSA) is 113 Å². The van der Waals surface area contributed by atoms with E-state index >= 15 is 0 Å². The molecule has 0 atom stereocenters. The van der Waals surface area contributed by atoms with Crippen LogP contribution in [0.25, 0.3) is 0 Å². The van der Waals surface area contributed by atoms with E-state index in [1.54, 1.807) is 54.6 Å². The van der Waals surface area contributed by atoms with Gasteiger partial charge >= 0.3 is 0 Å². The predicted octanol–water partition coefficient (Wildman–Crippen LogP) is 4.06. The highest BCUT2D eigenvalue weighted by atomic mass is 35.5. The smallest absolute Gasteiger partial charge is 0.252 e. The van der Waals surface area contributed by atoms with Crippen LogP contribution in [-0.2, 0) is 16.4 Å². The first kappa shape index (κ1) is 23.6. The van der Waals surface area contributed by atoms with Crippen LogP contribution in [0, 0.1) is 0 Å². The lowest BCUT2D eigenvalue weighted by Crippen LogP contribution is -2.42. The van der Waals surface area contributed by atoms with Crippen LogP contribution in [0.4, 0.5) is 5.69 Å². The molecule has 4 N–H and O–H groups in total. The Kier molecular flexibility index (Phi) is 6.94. The Morgan fingerprint density at radius 1 is 1.12 bits per heavy atom. The monoisotopic (exact) mass is 505 g/mol. The number of rotatable bonds is 7. The van der Waals surface area contributed by atoms with Crippen LogP contribution in [0.15, 0.2) is 58.8 Å². The minimum Gasteiger partial charge on any atom is -0.508 e. The average Bonchev–Trinajstić information content (AvgIpc) is 3.26. The summed E-state index contributed by atoms with van der Waals surface area (Å²) in [6.45, 7) is 0.857. The maximum absolute atomic E-state index is 13.2. The number of halogens is 1. The highest BCUT2D eigenvalue weighted by Gasteiger charge is 2.30. The van der Waals surface area contributed by atoms with Gasteiger partial charge in [-0.15, -0.1) is 11.3 Å². The molecule has 1 aliphatic heterocycles. The number of aromatic hydroxyl groups is 1. The number of piperidine rings is 1. The van der Waals surface area contributed by atoms with Gasteiger partial charge in [0.1, 0.15) is 9.96 Å². The first-order chi connectivity index (χ1) is 15.7. The lowest BCUT2D eigenvalue weighted by atomic mass is 10.1. The Morgan fingerprint density at radius 2 is 1.82 bits per heavy atom. The maximum atomic E-state index is 13.2. The van der Waals surface area contributed by atoms with Gasteiger partial charge in [-0.2, -0.15) is 4.31 Å². The van der Waals surface area contributed by atoms with E-state index in [4.69, 9.17) is 17.3 Å². The van der Waals surface area contributed by atoms with E-state index in [1.165, 1.54) is 15.6 Å². The van der Waals surface area contributed by atoms with Gasteiger partial charge in [0.15, 0.2) is 0 Å². The quantitative estimate of drug-likeness (QED) is 0.419. The van der Waals surface area contributed by atoms with E-state index in [0.29, 0.717) is 47.1 Å². The molecule has 0 radical (unpaired) electrons. The highest BCUT2D eigenvalue weighted by molar-refractivity contribution is 7.91. The fourth-order valence-electron chi connectivity index (χ4n) is 3.80. The summed E-state index contributed by atoms with van der Waals surface area (Å²) in [7, 11) is -3.58. The zero-order chi connectivity index (χ0) is 23.6. The lowest BCUT2D eigenvalue weighted by Gasteiger charge is -2.31. The molecule has 0 unspecified atom stereocenters. The van der Waals surface area contributed by atoms with E-state index in [-0.39, 0.29) is 11.8 Å². The Morgan fingerprint density at radius 3 is 2.48 bits per heavy atom. The number of carbonyl (C=O) groups excluding carboxylic acids is 1. The van der Waals surface area contributed by atoms with E-state index in [1.807, 2.05) is 0 Å². The summed E-state index contributed by atoms with van der Waals surface area (Å²) in [5.41, 5.74) is 7.33. The molecule has 1 aliphatic rings. The van der Waals surface area contributed by atoms with Crippen LogP contribution in [0.5, 0.6) is 5.75 Å². The third kappa shape index (κ3) is 5.50. The zero-order valence-corrected chi connectivity index (χ0v) is 20.1. The molecule has 3 aromatic rings. The molecule has 2 aromatic carbocycles. The Balaban J connectivity index is 1.40. The summed E-state index contributed by atoms with van der Waals surface area (Å²) in [5, 5.41) is 13.3. The number of anilines is 1. The number of benzene rings is 2. The van der Waals surface area contributed by atoms with Crippen molar-refractivity contribution in [2.45, 2.75) is 29.5 Å². The second-order valence-electron chi connectivity index (χ2n) is 7.94. The molecule has 7 nitrogen and oxygen atoms in total. The van der Waals surface area contributed by atoms with Crippen LogP contribution in [0.1, 0.15) is 33.6 Å². The van der Waals surface area contributed by atoms with Crippen LogP contribution in [0.3, 0.4) is 0 Å². The van der Waals surface area contributed by atoms with Crippen molar-refractivity contribution < 1.29 is 18.3 Å². The first-order valence-electron chi connectivity index (χ1n) is 10.4. The van der Waals surface area contributed by atoms with Crippen molar-refractivity contribution in [1.82, 2.24) is 4.31 Å². The SMILES string of the molecule is NC(=O)c1ccc(Cl)c(Cc2ccc(S(=O)(=O)N3CCC(Nc4ccc(O)cc4)CC3)s2)c1. The van der Waals surface area contributed by atoms with Gasteiger partial charge in [-0.05, 0) is 73.0 Å². The number of nitrogens with one attached hydrogen (secondary N) is 1. The predicted molar refractivity (Wildman–Crippen MR) is 131 cm³/mol. The zero-order valence-electron chi connectivity index (χ0n) is 17.7. The van der Waals surface area contributed by atoms with Gasteiger partial charge in [0.05, 0.1) is 0 Å². The minimum atomic E-state index is -3.58. The molecule has 1 fully saturated rings. The number of amides is 1. The van der Waals surface area contributed by atoms with Crippen molar-refractivity contribution in [3.8, 4) is 5.75 Å². The second kappa shape index (κ2) is 9.72. The molecule has 174 valence electrons. The number of nitrogens with two attached hydrogens (primary N) is 1. The van der Waals surface area contributed by atoms with Gasteiger partial charge in [-0.1, -0.05) is 11.6 Å². The number of phenolic OH excluding ortho intramolecular Hbond substituents is 1. The molecule has 0 saturated carbocycles. The van der Waals surface area contributed by atoms with Gasteiger partial charge in [-0.3, -0.25) is 4.79 Å². The molecule has 1 amide bonds. The molecular formula is C23H24ClN3O4S2. The lowest BCUT2D eigenvalue weighted by molar-refractivity contribution is 0.1000. The number of sulfonamides is 1. The van der Waals surface area contributed by atoms with Crippen LogP contribution in [0.2, 0.25) is 5.02 Å².